The number of carbonyl (C=O) groups excluding carboxylic acids is 2. The molecular formula is C11H13N3O2. The van der Waals surface area contributed by atoms with Gasteiger partial charge in [0.2, 0.25) is 6.41 Å². The van der Waals surface area contributed by atoms with E-state index in [-0.39, 0.29) is 17.9 Å². The Hall–Kier alpha value is -1.20. The molecule has 0 aromatic rings. The smallest absolute Gasteiger partial charge is 0.265 e. The van der Waals surface area contributed by atoms with Crippen LogP contribution in [0.5, 0.6) is 0 Å². The first kappa shape index (κ1) is 8.90. The average molecular weight is 219 g/mol. The summed E-state index contributed by atoms with van der Waals surface area (Å²) in [5, 5.41) is 3.98. The molecule has 0 radical (unpaired) electrons. The molecule has 5 heteroatoms. The van der Waals surface area contributed by atoms with Crippen LogP contribution in [-0.2, 0) is 9.59 Å². The molecule has 2 unspecified atom stereocenters. The van der Waals surface area contributed by atoms with Gasteiger partial charge in [-0.1, -0.05) is 12.2 Å². The van der Waals surface area contributed by atoms with Gasteiger partial charge in [0, 0.05) is 12.0 Å². The predicted molar refractivity (Wildman–Crippen MR) is 54.5 cm³/mol. The number of amides is 2. The van der Waals surface area contributed by atoms with E-state index in [9.17, 15) is 9.59 Å². The van der Waals surface area contributed by atoms with Gasteiger partial charge >= 0.3 is 0 Å². The molecule has 2 bridgehead atoms. The molecule has 5 rings (SSSR count). The first-order chi connectivity index (χ1) is 7.70. The van der Waals surface area contributed by atoms with Crippen molar-refractivity contribution in [3.8, 4) is 0 Å². The third-order valence-corrected chi connectivity index (χ3v) is 4.80. The topological polar surface area (TPSA) is 85.3 Å². The lowest BCUT2D eigenvalue weighted by Crippen LogP contribution is -2.54. The molecular weight excluding hydrogens is 206 g/mol. The van der Waals surface area contributed by atoms with Gasteiger partial charge in [-0.15, -0.1) is 0 Å². The highest BCUT2D eigenvalue weighted by molar-refractivity contribution is 5.97. The van der Waals surface area contributed by atoms with Gasteiger partial charge in [0.05, 0.1) is 0 Å². The zero-order valence-corrected chi connectivity index (χ0v) is 8.67. The molecule has 84 valence electrons. The minimum Gasteiger partial charge on any atom is -0.296 e. The Morgan fingerprint density at radius 2 is 2.31 bits per heavy atom. The molecule has 1 aliphatic heterocycles. The summed E-state index contributed by atoms with van der Waals surface area (Å²) in [7, 11) is 0. The molecule has 3 fully saturated rings. The second kappa shape index (κ2) is 2.38. The van der Waals surface area contributed by atoms with Crippen molar-refractivity contribution in [1.29, 1.82) is 0 Å². The number of imide groups is 1. The SMILES string of the molecule is NN(C=O)C(=O)[C@@]12N[C@H]1C1C=CC2[C@@H]2C[C@@H]12. The average Bonchev–Trinajstić information content (AvgIpc) is 3.15. The molecule has 0 spiro atoms. The summed E-state index contributed by atoms with van der Waals surface area (Å²) < 4.78 is 0. The maximum Gasteiger partial charge on any atom is 0.265 e. The van der Waals surface area contributed by atoms with E-state index in [0.717, 1.165) is 5.92 Å². The summed E-state index contributed by atoms with van der Waals surface area (Å²) in [6.07, 6.45) is 5.99. The number of hydrogen-bond acceptors (Lipinski definition) is 4. The molecule has 5 nitrogen and oxygen atoms in total. The van der Waals surface area contributed by atoms with Gasteiger partial charge in [-0.3, -0.25) is 14.9 Å². The maximum atomic E-state index is 12.1. The van der Waals surface area contributed by atoms with Crippen molar-refractivity contribution in [2.45, 2.75) is 18.0 Å². The van der Waals surface area contributed by atoms with Crippen molar-refractivity contribution in [1.82, 2.24) is 10.3 Å². The van der Waals surface area contributed by atoms with E-state index >= 15 is 0 Å². The second-order valence-electron chi connectivity index (χ2n) is 5.36. The summed E-state index contributed by atoms with van der Waals surface area (Å²) in [5.41, 5.74) is -0.549. The predicted octanol–water partition coefficient (Wildman–Crippen LogP) is -0.992. The van der Waals surface area contributed by atoms with Crippen molar-refractivity contribution in [3.63, 3.8) is 0 Å². The molecule has 0 aromatic carbocycles. The van der Waals surface area contributed by atoms with Crippen molar-refractivity contribution >= 4 is 12.3 Å². The number of hydrogen-bond donors (Lipinski definition) is 2. The van der Waals surface area contributed by atoms with Crippen molar-refractivity contribution in [2.75, 3.05) is 0 Å². The Labute approximate surface area is 92.6 Å². The van der Waals surface area contributed by atoms with Gasteiger partial charge in [-0.05, 0) is 24.2 Å². The molecule has 2 amide bonds. The zero-order valence-electron chi connectivity index (χ0n) is 8.67. The maximum absolute atomic E-state index is 12.1. The van der Waals surface area contributed by atoms with E-state index < -0.39 is 5.54 Å². The van der Waals surface area contributed by atoms with Crippen LogP contribution in [0.25, 0.3) is 0 Å². The molecule has 2 saturated carbocycles. The Bertz CT molecular complexity index is 435. The summed E-state index contributed by atoms with van der Waals surface area (Å²) in [6, 6.07) is 0.213. The molecule has 16 heavy (non-hydrogen) atoms. The third kappa shape index (κ3) is 0.748. The second-order valence-corrected chi connectivity index (χ2v) is 5.36. The highest BCUT2D eigenvalue weighted by Gasteiger charge is 2.77. The van der Waals surface area contributed by atoms with E-state index in [0.29, 0.717) is 23.3 Å². The van der Waals surface area contributed by atoms with Crippen LogP contribution in [0.15, 0.2) is 12.2 Å². The third-order valence-electron chi connectivity index (χ3n) is 4.80. The quantitative estimate of drug-likeness (QED) is 0.156. The summed E-state index contributed by atoms with van der Waals surface area (Å²) >= 11 is 0. The van der Waals surface area contributed by atoms with Crippen LogP contribution in [-0.4, -0.2) is 28.9 Å². The Morgan fingerprint density at radius 1 is 1.50 bits per heavy atom. The van der Waals surface area contributed by atoms with E-state index in [1.165, 1.54) is 6.42 Å². The fourth-order valence-electron chi connectivity index (χ4n) is 3.99. The molecule has 6 atom stereocenters. The van der Waals surface area contributed by atoms with Gasteiger partial charge in [0.1, 0.15) is 5.54 Å². The van der Waals surface area contributed by atoms with Crippen LogP contribution in [0.2, 0.25) is 0 Å². The number of nitrogens with two attached hydrogens (primary N) is 1. The van der Waals surface area contributed by atoms with Gasteiger partial charge in [0.15, 0.2) is 0 Å². The summed E-state index contributed by atoms with van der Waals surface area (Å²) in [6.45, 7) is 0. The summed E-state index contributed by atoms with van der Waals surface area (Å²) in [5.74, 6) is 7.24. The lowest BCUT2D eigenvalue weighted by molar-refractivity contribution is -0.142. The number of carbonyl (C=O) groups is 2. The number of nitrogens with zero attached hydrogens (tertiary/aromatic N) is 1. The van der Waals surface area contributed by atoms with Crippen LogP contribution in [0.4, 0.5) is 0 Å². The lowest BCUT2D eigenvalue weighted by Gasteiger charge is -2.34. The first-order valence-electron chi connectivity index (χ1n) is 5.70. The fraction of sp³-hybridized carbons (Fsp3) is 0.636. The standard InChI is InChI=1S/C11H13N3O2/c12-14(4-15)10(16)11-8-2-1-5(9(11)13-11)6-3-7(6)8/h1-2,4-9,13H,3,12H2/t5?,6-,7+,8?,9-,11-/m0/s1. The molecule has 5 aliphatic rings. The highest BCUT2D eigenvalue weighted by atomic mass is 16.2. The first-order valence-corrected chi connectivity index (χ1v) is 5.70. The number of hydrazine groups is 1. The molecule has 0 aromatic heterocycles. The van der Waals surface area contributed by atoms with E-state index in [4.69, 9.17) is 5.84 Å². The fourth-order valence-corrected chi connectivity index (χ4v) is 3.99. The van der Waals surface area contributed by atoms with Gasteiger partial charge in [0.25, 0.3) is 5.91 Å². The van der Waals surface area contributed by atoms with E-state index in [1.807, 2.05) is 0 Å². The Balaban J connectivity index is 1.73. The van der Waals surface area contributed by atoms with Gasteiger partial charge in [-0.2, -0.15) is 0 Å². The van der Waals surface area contributed by atoms with Crippen LogP contribution in [0.3, 0.4) is 0 Å². The highest BCUT2D eigenvalue weighted by Crippen LogP contribution is 2.67. The minimum absolute atomic E-state index is 0.213. The normalized spacial score (nSPS) is 53.9. The van der Waals surface area contributed by atoms with E-state index in [2.05, 4.69) is 17.5 Å². The monoisotopic (exact) mass is 219 g/mol. The van der Waals surface area contributed by atoms with Crippen molar-refractivity contribution < 1.29 is 9.59 Å². The van der Waals surface area contributed by atoms with Crippen molar-refractivity contribution in [2.24, 2.45) is 29.5 Å². The molecule has 1 heterocycles. The zero-order chi connectivity index (χ0) is 11.1. The molecule has 1 saturated heterocycles. The largest absolute Gasteiger partial charge is 0.296 e. The number of rotatable bonds is 2. The summed E-state index contributed by atoms with van der Waals surface area (Å²) in [4.78, 5) is 22.7. The number of nitrogens with one attached hydrogen (secondary N) is 1. The van der Waals surface area contributed by atoms with Crippen molar-refractivity contribution in [3.05, 3.63) is 12.2 Å². The minimum atomic E-state index is -0.549. The lowest BCUT2D eigenvalue weighted by atomic mass is 9.68. The Morgan fingerprint density at radius 3 is 3.06 bits per heavy atom. The van der Waals surface area contributed by atoms with Gasteiger partial charge < -0.3 is 0 Å². The van der Waals surface area contributed by atoms with Crippen LogP contribution in [0, 0.1) is 23.7 Å². The van der Waals surface area contributed by atoms with Crippen LogP contribution in [0.1, 0.15) is 6.42 Å². The molecule has 3 N–H and O–H groups in total. The van der Waals surface area contributed by atoms with E-state index in [1.54, 1.807) is 0 Å². The van der Waals surface area contributed by atoms with Crippen LogP contribution < -0.4 is 11.2 Å². The van der Waals surface area contributed by atoms with Gasteiger partial charge in [-0.25, -0.2) is 10.9 Å². The van der Waals surface area contributed by atoms with Crippen LogP contribution >= 0.6 is 0 Å². The Kier molecular flexibility index (Phi) is 1.33. The molecule has 4 aliphatic carbocycles.